The summed E-state index contributed by atoms with van der Waals surface area (Å²) in [7, 11) is 0. The first-order valence-corrected chi connectivity index (χ1v) is 10.3. The normalized spacial score (nSPS) is 14.8. The molecule has 1 aliphatic rings. The summed E-state index contributed by atoms with van der Waals surface area (Å²) >= 11 is 1.66. The Morgan fingerprint density at radius 1 is 1.04 bits per heavy atom. The lowest BCUT2D eigenvalue weighted by Gasteiger charge is -2.35. The molecule has 0 unspecified atom stereocenters. The second-order valence-corrected chi connectivity index (χ2v) is 7.53. The number of ketones is 1. The molecule has 1 saturated heterocycles. The Bertz CT molecular complexity index is 799. The first-order valence-electron chi connectivity index (χ1n) is 9.07. The SMILES string of the molecule is CSc1cccc(NC(=O)CN2CCN(c3ccc(C(C)=O)cc3)CC2)c1. The monoisotopic (exact) mass is 383 g/mol. The highest BCUT2D eigenvalue weighted by Gasteiger charge is 2.19. The minimum Gasteiger partial charge on any atom is -0.369 e. The Kier molecular flexibility index (Phi) is 6.53. The van der Waals surface area contributed by atoms with Crippen LogP contribution in [0.1, 0.15) is 17.3 Å². The van der Waals surface area contributed by atoms with Gasteiger partial charge in [-0.25, -0.2) is 0 Å². The van der Waals surface area contributed by atoms with Crippen molar-refractivity contribution in [3.8, 4) is 0 Å². The van der Waals surface area contributed by atoms with Crippen LogP contribution in [0.15, 0.2) is 53.4 Å². The minimum atomic E-state index is 0.0208. The van der Waals surface area contributed by atoms with Gasteiger partial charge in [-0.05, 0) is 55.6 Å². The van der Waals surface area contributed by atoms with E-state index in [-0.39, 0.29) is 11.7 Å². The number of hydrogen-bond donors (Lipinski definition) is 1. The number of piperazine rings is 1. The van der Waals surface area contributed by atoms with E-state index in [0.717, 1.165) is 48.0 Å². The van der Waals surface area contributed by atoms with Gasteiger partial charge in [0.25, 0.3) is 0 Å². The number of benzene rings is 2. The molecular weight excluding hydrogens is 358 g/mol. The first-order chi connectivity index (χ1) is 13.0. The van der Waals surface area contributed by atoms with E-state index in [2.05, 4.69) is 15.1 Å². The molecule has 0 aliphatic carbocycles. The number of rotatable bonds is 6. The molecule has 0 aromatic heterocycles. The van der Waals surface area contributed by atoms with E-state index in [9.17, 15) is 9.59 Å². The molecule has 0 radical (unpaired) electrons. The molecule has 27 heavy (non-hydrogen) atoms. The van der Waals surface area contributed by atoms with Crippen LogP contribution in [0.25, 0.3) is 0 Å². The minimum absolute atomic E-state index is 0.0208. The molecule has 0 bridgehead atoms. The van der Waals surface area contributed by atoms with E-state index >= 15 is 0 Å². The number of amides is 1. The van der Waals surface area contributed by atoms with Crippen molar-refractivity contribution in [3.63, 3.8) is 0 Å². The van der Waals surface area contributed by atoms with Crippen LogP contribution in [0.3, 0.4) is 0 Å². The van der Waals surface area contributed by atoms with Crippen molar-refractivity contribution in [2.75, 3.05) is 49.2 Å². The Morgan fingerprint density at radius 3 is 2.37 bits per heavy atom. The lowest BCUT2D eigenvalue weighted by atomic mass is 10.1. The second kappa shape index (κ2) is 9.06. The molecule has 1 amide bonds. The van der Waals surface area contributed by atoms with Crippen LogP contribution in [0.4, 0.5) is 11.4 Å². The Morgan fingerprint density at radius 2 is 1.74 bits per heavy atom. The van der Waals surface area contributed by atoms with Gasteiger partial charge in [-0.3, -0.25) is 14.5 Å². The first kappa shape index (κ1) is 19.5. The molecule has 2 aromatic rings. The summed E-state index contributed by atoms with van der Waals surface area (Å²) < 4.78 is 0. The summed E-state index contributed by atoms with van der Waals surface area (Å²) in [5.41, 5.74) is 2.70. The van der Waals surface area contributed by atoms with Crippen LogP contribution >= 0.6 is 11.8 Å². The molecule has 0 atom stereocenters. The molecule has 5 nitrogen and oxygen atoms in total. The summed E-state index contributed by atoms with van der Waals surface area (Å²) in [6.07, 6.45) is 2.02. The predicted molar refractivity (Wildman–Crippen MR) is 112 cm³/mol. The van der Waals surface area contributed by atoms with Crippen molar-refractivity contribution in [3.05, 3.63) is 54.1 Å². The van der Waals surface area contributed by atoms with Gasteiger partial charge in [-0.15, -0.1) is 11.8 Å². The number of hydrogen-bond acceptors (Lipinski definition) is 5. The highest BCUT2D eigenvalue weighted by Crippen LogP contribution is 2.20. The van der Waals surface area contributed by atoms with Gasteiger partial charge >= 0.3 is 0 Å². The Hall–Kier alpha value is -2.31. The molecular formula is C21H25N3O2S. The molecule has 3 rings (SSSR count). The number of thioether (sulfide) groups is 1. The summed E-state index contributed by atoms with van der Waals surface area (Å²) in [4.78, 5) is 29.3. The molecule has 1 N–H and O–H groups in total. The topological polar surface area (TPSA) is 52.7 Å². The van der Waals surface area contributed by atoms with Crippen molar-refractivity contribution in [2.24, 2.45) is 0 Å². The van der Waals surface area contributed by atoms with Crippen molar-refractivity contribution in [2.45, 2.75) is 11.8 Å². The zero-order chi connectivity index (χ0) is 19.2. The smallest absolute Gasteiger partial charge is 0.238 e. The lowest BCUT2D eigenvalue weighted by molar-refractivity contribution is -0.117. The van der Waals surface area contributed by atoms with Crippen LogP contribution in [0.5, 0.6) is 0 Å². The standard InChI is InChI=1S/C21H25N3O2S/c1-16(25)17-6-8-19(9-7-17)24-12-10-23(11-13-24)15-21(26)22-18-4-3-5-20(14-18)27-2/h3-9,14H,10-13,15H2,1-2H3,(H,22,26). The molecule has 1 aliphatic heterocycles. The van der Waals surface area contributed by atoms with Gasteiger partial charge in [0.15, 0.2) is 5.78 Å². The summed E-state index contributed by atoms with van der Waals surface area (Å²) in [6, 6.07) is 15.6. The van der Waals surface area contributed by atoms with E-state index in [0.29, 0.717) is 6.54 Å². The lowest BCUT2D eigenvalue weighted by Crippen LogP contribution is -2.48. The van der Waals surface area contributed by atoms with Crippen molar-refractivity contribution in [1.29, 1.82) is 0 Å². The van der Waals surface area contributed by atoms with Gasteiger partial charge in [-0.2, -0.15) is 0 Å². The van der Waals surface area contributed by atoms with Crippen molar-refractivity contribution < 1.29 is 9.59 Å². The van der Waals surface area contributed by atoms with Gasteiger partial charge in [0.05, 0.1) is 6.54 Å². The van der Waals surface area contributed by atoms with Crippen LogP contribution in [0, 0.1) is 0 Å². The number of anilines is 2. The van der Waals surface area contributed by atoms with Crippen LogP contribution in [-0.2, 0) is 4.79 Å². The molecule has 142 valence electrons. The maximum Gasteiger partial charge on any atom is 0.238 e. The number of nitrogens with zero attached hydrogens (tertiary/aromatic N) is 2. The zero-order valence-electron chi connectivity index (χ0n) is 15.8. The summed E-state index contributed by atoms with van der Waals surface area (Å²) in [5, 5.41) is 2.98. The van der Waals surface area contributed by atoms with E-state index in [1.54, 1.807) is 18.7 Å². The summed E-state index contributed by atoms with van der Waals surface area (Å²) in [6.45, 7) is 5.40. The molecule has 6 heteroatoms. The zero-order valence-corrected chi connectivity index (χ0v) is 16.6. The van der Waals surface area contributed by atoms with Crippen molar-refractivity contribution >= 4 is 34.8 Å². The van der Waals surface area contributed by atoms with Crippen molar-refractivity contribution in [1.82, 2.24) is 4.90 Å². The van der Waals surface area contributed by atoms with E-state index < -0.39 is 0 Å². The third-order valence-corrected chi connectivity index (χ3v) is 5.46. The van der Waals surface area contributed by atoms with Gasteiger partial charge in [0.2, 0.25) is 5.91 Å². The number of Topliss-reactive ketones (excluding diaryl/α,β-unsaturated/α-hetero) is 1. The predicted octanol–water partition coefficient (Wildman–Crippen LogP) is 3.37. The number of carbonyl (C=O) groups excluding carboxylic acids is 2. The maximum atomic E-state index is 12.3. The molecule has 1 fully saturated rings. The Balaban J connectivity index is 1.48. The van der Waals surface area contributed by atoms with E-state index in [1.165, 1.54) is 0 Å². The fraction of sp³-hybridized carbons (Fsp3) is 0.333. The van der Waals surface area contributed by atoms with Gasteiger partial charge < -0.3 is 10.2 Å². The average molecular weight is 384 g/mol. The molecule has 2 aromatic carbocycles. The molecule has 0 saturated carbocycles. The number of carbonyl (C=O) groups is 2. The van der Waals surface area contributed by atoms with Gasteiger partial charge in [0, 0.05) is 48.0 Å². The molecule has 0 spiro atoms. The fourth-order valence-electron chi connectivity index (χ4n) is 3.18. The maximum absolute atomic E-state index is 12.3. The highest BCUT2D eigenvalue weighted by atomic mass is 32.2. The highest BCUT2D eigenvalue weighted by molar-refractivity contribution is 7.98. The fourth-order valence-corrected chi connectivity index (χ4v) is 3.64. The van der Waals surface area contributed by atoms with Crippen LogP contribution < -0.4 is 10.2 Å². The van der Waals surface area contributed by atoms with Gasteiger partial charge in [0.1, 0.15) is 0 Å². The van der Waals surface area contributed by atoms with Gasteiger partial charge in [-0.1, -0.05) is 6.07 Å². The second-order valence-electron chi connectivity index (χ2n) is 6.65. The summed E-state index contributed by atoms with van der Waals surface area (Å²) in [5.74, 6) is 0.105. The van der Waals surface area contributed by atoms with Crippen LogP contribution in [0.2, 0.25) is 0 Å². The number of nitrogens with one attached hydrogen (secondary N) is 1. The third kappa shape index (κ3) is 5.34. The van der Waals surface area contributed by atoms with E-state index in [4.69, 9.17) is 0 Å². The van der Waals surface area contributed by atoms with Crippen LogP contribution in [-0.4, -0.2) is 55.6 Å². The average Bonchev–Trinajstić information content (AvgIpc) is 2.68. The third-order valence-electron chi connectivity index (χ3n) is 4.73. The molecule has 1 heterocycles. The quantitative estimate of drug-likeness (QED) is 0.612. The van der Waals surface area contributed by atoms with E-state index in [1.807, 2.05) is 54.8 Å². The largest absolute Gasteiger partial charge is 0.369 e. The Labute approximate surface area is 164 Å².